The van der Waals surface area contributed by atoms with Crippen molar-refractivity contribution in [1.82, 2.24) is 14.7 Å². The lowest BCUT2D eigenvalue weighted by Gasteiger charge is -2.31. The summed E-state index contributed by atoms with van der Waals surface area (Å²) in [5.41, 5.74) is 1.18. The largest absolute Gasteiger partial charge is 0.381 e. The van der Waals surface area contributed by atoms with Gasteiger partial charge in [-0.05, 0) is 19.4 Å². The molecule has 0 aliphatic carbocycles. The van der Waals surface area contributed by atoms with E-state index in [2.05, 4.69) is 39.4 Å². The first-order chi connectivity index (χ1) is 8.86. The molecular formula is C13H19N3OS. The quantitative estimate of drug-likeness (QED) is 0.918. The summed E-state index contributed by atoms with van der Waals surface area (Å²) in [6, 6.07) is 0.573. The van der Waals surface area contributed by atoms with Crippen molar-refractivity contribution in [3.8, 4) is 0 Å². The number of hydrogen-bond acceptors (Lipinski definition) is 4. The van der Waals surface area contributed by atoms with Crippen LogP contribution in [0, 0.1) is 5.92 Å². The zero-order chi connectivity index (χ0) is 12.4. The topological polar surface area (TPSA) is 38.6 Å². The molecule has 98 valence electrons. The van der Waals surface area contributed by atoms with Crippen LogP contribution in [-0.4, -0.2) is 35.2 Å². The Balaban J connectivity index is 1.71. The fourth-order valence-electron chi connectivity index (χ4n) is 2.67. The van der Waals surface area contributed by atoms with Gasteiger partial charge in [-0.25, -0.2) is 4.98 Å². The van der Waals surface area contributed by atoms with Gasteiger partial charge < -0.3 is 10.1 Å². The van der Waals surface area contributed by atoms with E-state index in [-0.39, 0.29) is 0 Å². The highest BCUT2D eigenvalue weighted by molar-refractivity contribution is 7.15. The molecule has 2 aromatic rings. The first-order valence-electron chi connectivity index (χ1n) is 6.59. The summed E-state index contributed by atoms with van der Waals surface area (Å²) in [6.45, 7) is 4.92. The Morgan fingerprint density at radius 1 is 1.61 bits per heavy atom. The summed E-state index contributed by atoms with van der Waals surface area (Å²) in [5, 5.41) is 5.64. The Labute approximate surface area is 111 Å². The third kappa shape index (κ3) is 2.43. The molecular weight excluding hydrogens is 246 g/mol. The summed E-state index contributed by atoms with van der Waals surface area (Å²) < 4.78 is 7.72. The van der Waals surface area contributed by atoms with Gasteiger partial charge in [0.05, 0.1) is 12.3 Å². The molecule has 1 aliphatic heterocycles. The van der Waals surface area contributed by atoms with Gasteiger partial charge in [-0.2, -0.15) is 0 Å². The van der Waals surface area contributed by atoms with Crippen LogP contribution >= 0.6 is 11.3 Å². The first kappa shape index (κ1) is 12.1. The SMILES string of the molecule is CCNC1CCOCC1Cc1cn2ccsc2n1. The molecule has 3 rings (SSSR count). The number of nitrogens with one attached hydrogen (secondary N) is 1. The normalized spacial score (nSPS) is 24.7. The van der Waals surface area contributed by atoms with Crippen molar-refractivity contribution in [2.45, 2.75) is 25.8 Å². The predicted molar refractivity (Wildman–Crippen MR) is 73.2 cm³/mol. The molecule has 1 aliphatic rings. The van der Waals surface area contributed by atoms with Gasteiger partial charge in [0.25, 0.3) is 0 Å². The van der Waals surface area contributed by atoms with E-state index in [1.165, 1.54) is 5.69 Å². The lowest BCUT2D eigenvalue weighted by atomic mass is 9.91. The molecule has 0 radical (unpaired) electrons. The second-order valence-electron chi connectivity index (χ2n) is 4.82. The molecule has 5 heteroatoms. The van der Waals surface area contributed by atoms with Gasteiger partial charge in [-0.15, -0.1) is 11.3 Å². The second-order valence-corrected chi connectivity index (χ2v) is 5.69. The van der Waals surface area contributed by atoms with Crippen molar-refractivity contribution >= 4 is 16.3 Å². The highest BCUT2D eigenvalue weighted by Crippen LogP contribution is 2.21. The van der Waals surface area contributed by atoms with Gasteiger partial charge in [0.1, 0.15) is 0 Å². The lowest BCUT2D eigenvalue weighted by molar-refractivity contribution is 0.0323. The molecule has 1 N–H and O–H groups in total. The summed E-state index contributed by atoms with van der Waals surface area (Å²) in [5.74, 6) is 0.545. The van der Waals surface area contributed by atoms with E-state index < -0.39 is 0 Å². The van der Waals surface area contributed by atoms with Crippen LogP contribution in [0.4, 0.5) is 0 Å². The Kier molecular flexibility index (Phi) is 3.63. The number of imidazole rings is 1. The van der Waals surface area contributed by atoms with E-state index in [4.69, 9.17) is 4.74 Å². The third-order valence-electron chi connectivity index (χ3n) is 3.55. The average Bonchev–Trinajstić information content (AvgIpc) is 2.92. The van der Waals surface area contributed by atoms with Crippen LogP contribution in [0.25, 0.3) is 4.96 Å². The van der Waals surface area contributed by atoms with Crippen LogP contribution in [0.3, 0.4) is 0 Å². The minimum atomic E-state index is 0.545. The van der Waals surface area contributed by atoms with Crippen molar-refractivity contribution in [1.29, 1.82) is 0 Å². The number of rotatable bonds is 4. The monoisotopic (exact) mass is 265 g/mol. The zero-order valence-electron chi connectivity index (χ0n) is 10.6. The number of nitrogens with zero attached hydrogens (tertiary/aromatic N) is 2. The van der Waals surface area contributed by atoms with Crippen LogP contribution in [0.1, 0.15) is 19.0 Å². The van der Waals surface area contributed by atoms with Crippen LogP contribution in [-0.2, 0) is 11.2 Å². The molecule has 0 bridgehead atoms. The highest BCUT2D eigenvalue weighted by atomic mass is 32.1. The molecule has 3 heterocycles. The number of aromatic nitrogens is 2. The van der Waals surface area contributed by atoms with E-state index in [0.717, 1.165) is 37.6 Å². The highest BCUT2D eigenvalue weighted by Gasteiger charge is 2.25. The molecule has 2 atom stereocenters. The van der Waals surface area contributed by atoms with Crippen LogP contribution in [0.15, 0.2) is 17.8 Å². The van der Waals surface area contributed by atoms with E-state index in [1.54, 1.807) is 11.3 Å². The molecule has 1 fully saturated rings. The number of hydrogen-bond donors (Lipinski definition) is 1. The van der Waals surface area contributed by atoms with Gasteiger partial charge in [0.2, 0.25) is 0 Å². The fraction of sp³-hybridized carbons (Fsp3) is 0.615. The second kappa shape index (κ2) is 5.38. The lowest BCUT2D eigenvalue weighted by Crippen LogP contribution is -2.43. The van der Waals surface area contributed by atoms with Crippen molar-refractivity contribution in [3.05, 3.63) is 23.5 Å². The molecule has 0 spiro atoms. The van der Waals surface area contributed by atoms with Gasteiger partial charge in [-0.1, -0.05) is 6.92 Å². The van der Waals surface area contributed by atoms with Crippen molar-refractivity contribution < 1.29 is 4.74 Å². The molecule has 2 unspecified atom stereocenters. The minimum Gasteiger partial charge on any atom is -0.381 e. The molecule has 0 aromatic carbocycles. The summed E-state index contributed by atoms with van der Waals surface area (Å²) in [7, 11) is 0. The summed E-state index contributed by atoms with van der Waals surface area (Å²) in [6.07, 6.45) is 6.33. The first-order valence-corrected chi connectivity index (χ1v) is 7.47. The van der Waals surface area contributed by atoms with Crippen LogP contribution in [0.2, 0.25) is 0 Å². The molecule has 1 saturated heterocycles. The minimum absolute atomic E-state index is 0.545. The molecule has 4 nitrogen and oxygen atoms in total. The number of thiazole rings is 1. The fourth-order valence-corrected chi connectivity index (χ4v) is 3.39. The average molecular weight is 265 g/mol. The van der Waals surface area contributed by atoms with Crippen molar-refractivity contribution in [2.75, 3.05) is 19.8 Å². The molecule has 0 saturated carbocycles. The smallest absolute Gasteiger partial charge is 0.193 e. The van der Waals surface area contributed by atoms with E-state index >= 15 is 0 Å². The number of fused-ring (bicyclic) bond motifs is 1. The van der Waals surface area contributed by atoms with E-state index in [9.17, 15) is 0 Å². The maximum Gasteiger partial charge on any atom is 0.193 e. The number of ether oxygens (including phenoxy) is 1. The molecule has 2 aromatic heterocycles. The van der Waals surface area contributed by atoms with Gasteiger partial charge in [-0.3, -0.25) is 4.40 Å². The van der Waals surface area contributed by atoms with Gasteiger partial charge in [0, 0.05) is 36.3 Å². The van der Waals surface area contributed by atoms with E-state index in [1.807, 2.05) is 0 Å². The Bertz CT molecular complexity index is 477. The maximum atomic E-state index is 5.61. The Hall–Kier alpha value is -0.910. The van der Waals surface area contributed by atoms with Gasteiger partial charge >= 0.3 is 0 Å². The van der Waals surface area contributed by atoms with Crippen LogP contribution in [0.5, 0.6) is 0 Å². The molecule has 0 amide bonds. The van der Waals surface area contributed by atoms with Crippen molar-refractivity contribution in [3.63, 3.8) is 0 Å². The summed E-state index contributed by atoms with van der Waals surface area (Å²) in [4.78, 5) is 5.74. The van der Waals surface area contributed by atoms with E-state index in [0.29, 0.717) is 12.0 Å². The Morgan fingerprint density at radius 3 is 3.39 bits per heavy atom. The predicted octanol–water partition coefficient (Wildman–Crippen LogP) is 1.95. The third-order valence-corrected chi connectivity index (χ3v) is 4.33. The Morgan fingerprint density at radius 2 is 2.56 bits per heavy atom. The van der Waals surface area contributed by atoms with Gasteiger partial charge in [0.15, 0.2) is 4.96 Å². The standard InChI is InChI=1S/C13H19N3OS/c1-2-14-12-3-5-17-9-10(12)7-11-8-16-4-6-18-13(16)15-11/h4,6,8,10,12,14H,2-3,5,7,9H2,1H3. The maximum absolute atomic E-state index is 5.61. The zero-order valence-corrected chi connectivity index (χ0v) is 11.4. The summed E-state index contributed by atoms with van der Waals surface area (Å²) >= 11 is 1.69. The van der Waals surface area contributed by atoms with Crippen molar-refractivity contribution in [2.24, 2.45) is 5.92 Å². The van der Waals surface area contributed by atoms with Crippen LogP contribution < -0.4 is 5.32 Å². The molecule has 18 heavy (non-hydrogen) atoms.